The number of benzene rings is 3. The summed E-state index contributed by atoms with van der Waals surface area (Å²) in [4.78, 5) is 24.7. The molecular weight excluding hydrogens is 420 g/mol. The van der Waals surface area contributed by atoms with Gasteiger partial charge in [-0.3, -0.25) is 4.79 Å². The Balaban J connectivity index is 1.25. The summed E-state index contributed by atoms with van der Waals surface area (Å²) in [5, 5.41) is 15.9. The molecule has 33 heavy (non-hydrogen) atoms. The van der Waals surface area contributed by atoms with Crippen molar-refractivity contribution < 1.29 is 14.3 Å². The van der Waals surface area contributed by atoms with Crippen LogP contribution in [0.25, 0.3) is 27.5 Å². The van der Waals surface area contributed by atoms with Gasteiger partial charge in [-0.15, -0.1) is 5.10 Å². The normalized spacial score (nSPS) is 11.1. The van der Waals surface area contributed by atoms with Crippen LogP contribution < -0.4 is 5.32 Å². The lowest BCUT2D eigenvalue weighted by molar-refractivity contribution is -0.119. The number of para-hydroxylation sites is 1. The number of tetrazole rings is 1. The van der Waals surface area contributed by atoms with E-state index in [4.69, 9.17) is 4.74 Å². The van der Waals surface area contributed by atoms with Crippen LogP contribution in [0.15, 0.2) is 73.1 Å². The van der Waals surface area contributed by atoms with Gasteiger partial charge in [0.25, 0.3) is 5.91 Å². The number of aryl methyl sites for hydroxylation is 1. The van der Waals surface area contributed by atoms with Gasteiger partial charge in [0, 0.05) is 34.0 Å². The number of nitrogens with zero attached hydrogens (tertiary/aromatic N) is 5. The van der Waals surface area contributed by atoms with Gasteiger partial charge in [0.05, 0.1) is 11.3 Å². The van der Waals surface area contributed by atoms with Crippen LogP contribution in [0.3, 0.4) is 0 Å². The molecule has 0 radical (unpaired) electrons. The molecule has 0 aliphatic carbocycles. The third-order valence-electron chi connectivity index (χ3n) is 5.42. The Labute approximate surface area is 188 Å². The molecule has 164 valence electrons. The van der Waals surface area contributed by atoms with Crippen LogP contribution in [0.1, 0.15) is 17.3 Å². The highest BCUT2D eigenvalue weighted by molar-refractivity contribution is 6.10. The van der Waals surface area contributed by atoms with Crippen molar-refractivity contribution in [3.05, 3.63) is 78.6 Å². The number of carbonyl (C=O) groups excluding carboxylic acids is 2. The van der Waals surface area contributed by atoms with Crippen LogP contribution in [-0.4, -0.2) is 43.3 Å². The first kappa shape index (κ1) is 20.4. The molecule has 5 aromatic rings. The largest absolute Gasteiger partial charge is 0.452 e. The number of hydrogen-bond acceptors (Lipinski definition) is 6. The van der Waals surface area contributed by atoms with Crippen molar-refractivity contribution >= 4 is 39.4 Å². The molecule has 0 saturated carbocycles. The topological polar surface area (TPSA) is 104 Å². The third-order valence-corrected chi connectivity index (χ3v) is 5.42. The van der Waals surface area contributed by atoms with Gasteiger partial charge in [0.1, 0.15) is 6.33 Å². The van der Waals surface area contributed by atoms with E-state index in [0.717, 1.165) is 28.4 Å². The van der Waals surface area contributed by atoms with E-state index in [1.54, 1.807) is 24.3 Å². The van der Waals surface area contributed by atoms with Crippen molar-refractivity contribution in [2.75, 3.05) is 11.9 Å². The van der Waals surface area contributed by atoms with E-state index in [1.165, 1.54) is 11.0 Å². The first-order valence-corrected chi connectivity index (χ1v) is 10.5. The summed E-state index contributed by atoms with van der Waals surface area (Å²) < 4.78 is 8.88. The van der Waals surface area contributed by atoms with Gasteiger partial charge in [0.2, 0.25) is 0 Å². The zero-order chi connectivity index (χ0) is 22.8. The summed E-state index contributed by atoms with van der Waals surface area (Å²) in [7, 11) is 0. The van der Waals surface area contributed by atoms with E-state index in [2.05, 4.69) is 44.5 Å². The lowest BCUT2D eigenvalue weighted by Crippen LogP contribution is -2.20. The first-order valence-electron chi connectivity index (χ1n) is 10.5. The molecule has 0 atom stereocenters. The van der Waals surface area contributed by atoms with Crippen LogP contribution in [0.2, 0.25) is 0 Å². The van der Waals surface area contributed by atoms with Crippen molar-refractivity contribution in [1.29, 1.82) is 0 Å². The SMILES string of the molecule is CCn1c2ccccc2c2cc(NC(=O)COC(=O)c3ccc(-n4cnnn4)cc3)ccc21. The van der Waals surface area contributed by atoms with Crippen molar-refractivity contribution in [2.24, 2.45) is 0 Å². The Morgan fingerprint density at radius 3 is 2.52 bits per heavy atom. The van der Waals surface area contributed by atoms with Crippen LogP contribution in [-0.2, 0) is 16.1 Å². The smallest absolute Gasteiger partial charge is 0.338 e. The van der Waals surface area contributed by atoms with Crippen molar-refractivity contribution in [3.63, 3.8) is 0 Å². The minimum absolute atomic E-state index is 0.327. The highest BCUT2D eigenvalue weighted by Gasteiger charge is 2.13. The zero-order valence-electron chi connectivity index (χ0n) is 17.8. The first-order chi connectivity index (χ1) is 16.1. The summed E-state index contributed by atoms with van der Waals surface area (Å²) in [6.45, 7) is 2.57. The van der Waals surface area contributed by atoms with Gasteiger partial charge >= 0.3 is 5.97 Å². The third kappa shape index (κ3) is 3.91. The van der Waals surface area contributed by atoms with Gasteiger partial charge < -0.3 is 14.6 Å². The molecule has 9 nitrogen and oxygen atoms in total. The van der Waals surface area contributed by atoms with Gasteiger partial charge in [0.15, 0.2) is 6.61 Å². The van der Waals surface area contributed by atoms with Crippen molar-refractivity contribution in [1.82, 2.24) is 24.8 Å². The summed E-state index contributed by atoms with van der Waals surface area (Å²) in [6.07, 6.45) is 1.45. The number of hydrogen-bond donors (Lipinski definition) is 1. The van der Waals surface area contributed by atoms with E-state index in [-0.39, 0.29) is 6.61 Å². The number of nitrogens with one attached hydrogen (secondary N) is 1. The second kappa shape index (κ2) is 8.54. The summed E-state index contributed by atoms with van der Waals surface area (Å²) in [6, 6.07) is 20.5. The second-order valence-electron chi connectivity index (χ2n) is 7.42. The Hall–Kier alpha value is -4.53. The van der Waals surface area contributed by atoms with Crippen molar-refractivity contribution in [2.45, 2.75) is 13.5 Å². The molecule has 2 heterocycles. The predicted molar refractivity (Wildman–Crippen MR) is 123 cm³/mol. The van der Waals surface area contributed by atoms with Crippen LogP contribution in [0.5, 0.6) is 0 Å². The maximum Gasteiger partial charge on any atom is 0.338 e. The lowest BCUT2D eigenvalue weighted by Gasteiger charge is -2.08. The molecule has 0 aliphatic heterocycles. The average molecular weight is 440 g/mol. The molecular formula is C24H20N6O3. The molecule has 5 rings (SSSR count). The van der Waals surface area contributed by atoms with Crippen LogP contribution >= 0.6 is 0 Å². The Kier molecular flexibility index (Phi) is 5.27. The average Bonchev–Trinajstić information content (AvgIpc) is 3.49. The number of amides is 1. The number of rotatable bonds is 6. The molecule has 2 aromatic heterocycles. The number of anilines is 1. The predicted octanol–water partition coefficient (Wildman–Crippen LogP) is 3.59. The number of esters is 1. The minimum atomic E-state index is -0.588. The fourth-order valence-electron chi connectivity index (χ4n) is 3.91. The van der Waals surface area contributed by atoms with Gasteiger partial charge in [-0.2, -0.15) is 0 Å². The molecule has 9 heteroatoms. The highest BCUT2D eigenvalue weighted by atomic mass is 16.5. The molecule has 0 fully saturated rings. The molecule has 0 saturated heterocycles. The molecule has 3 aromatic carbocycles. The molecule has 0 aliphatic rings. The molecule has 0 unspecified atom stereocenters. The van der Waals surface area contributed by atoms with E-state index in [1.807, 2.05) is 30.3 Å². The standard InChI is InChI=1S/C24H20N6O3/c1-2-29-21-6-4-3-5-19(21)20-13-17(9-12-22(20)29)26-23(31)14-33-24(32)16-7-10-18(11-8-16)30-15-25-27-28-30/h3-13,15H,2,14H2,1H3,(H,26,31). The minimum Gasteiger partial charge on any atom is -0.452 e. The molecule has 1 amide bonds. The highest BCUT2D eigenvalue weighted by Crippen LogP contribution is 2.30. The molecule has 0 spiro atoms. The van der Waals surface area contributed by atoms with Gasteiger partial charge in [-0.1, -0.05) is 18.2 Å². The Morgan fingerprint density at radius 1 is 0.970 bits per heavy atom. The monoisotopic (exact) mass is 440 g/mol. The van der Waals surface area contributed by atoms with Crippen LogP contribution in [0.4, 0.5) is 5.69 Å². The van der Waals surface area contributed by atoms with E-state index < -0.39 is 11.9 Å². The number of aromatic nitrogens is 5. The second-order valence-corrected chi connectivity index (χ2v) is 7.42. The summed E-state index contributed by atoms with van der Waals surface area (Å²) in [5.74, 6) is -0.998. The van der Waals surface area contributed by atoms with Gasteiger partial charge in [-0.05, 0) is 65.9 Å². The summed E-state index contributed by atoms with van der Waals surface area (Å²) in [5.41, 5.74) is 3.93. The molecule has 1 N–H and O–H groups in total. The van der Waals surface area contributed by atoms with Gasteiger partial charge in [-0.25, -0.2) is 9.48 Å². The maximum absolute atomic E-state index is 12.4. The van der Waals surface area contributed by atoms with Crippen molar-refractivity contribution in [3.8, 4) is 5.69 Å². The fraction of sp³-hybridized carbons (Fsp3) is 0.125. The fourth-order valence-corrected chi connectivity index (χ4v) is 3.91. The Morgan fingerprint density at radius 2 is 1.76 bits per heavy atom. The maximum atomic E-state index is 12.4. The van der Waals surface area contributed by atoms with E-state index in [9.17, 15) is 9.59 Å². The summed E-state index contributed by atoms with van der Waals surface area (Å²) >= 11 is 0. The van der Waals surface area contributed by atoms with E-state index in [0.29, 0.717) is 16.9 Å². The van der Waals surface area contributed by atoms with Crippen LogP contribution in [0, 0.1) is 0 Å². The lowest BCUT2D eigenvalue weighted by atomic mass is 10.1. The zero-order valence-corrected chi connectivity index (χ0v) is 17.8. The number of carbonyl (C=O) groups is 2. The van der Waals surface area contributed by atoms with E-state index >= 15 is 0 Å². The number of fused-ring (bicyclic) bond motifs is 3. The quantitative estimate of drug-likeness (QED) is 0.405. The Bertz CT molecular complexity index is 1460. The number of ether oxygens (including phenoxy) is 1. The molecule has 0 bridgehead atoms.